The molecule has 0 aromatic carbocycles. The highest BCUT2D eigenvalue weighted by molar-refractivity contribution is 5.93. The van der Waals surface area contributed by atoms with E-state index in [-0.39, 0.29) is 91.3 Å². The fraction of sp³-hybridized carbons (Fsp3) is 0.583. The molecule has 0 radical (unpaired) electrons. The number of guanidine groups is 3. The number of Topliss-reactive ketones (excluding diaryl/α,β-unsaturated/α-hetero) is 2. The Morgan fingerprint density at radius 1 is 0.615 bits per heavy atom. The first kappa shape index (κ1) is 78.5. The molecule has 96 heavy (non-hydrogen) atoms. The Morgan fingerprint density at radius 3 is 1.51 bits per heavy atom. The normalized spacial score (nSPS) is 13.4. The number of nitrogen functional groups attached to an aromatic ring is 2. The minimum atomic E-state index is -1.44. The monoisotopic (exact) mass is 1350 g/mol. The van der Waals surface area contributed by atoms with E-state index in [1.807, 2.05) is 6.92 Å². The first-order valence-corrected chi connectivity index (χ1v) is 31.5. The minimum Gasteiger partial charge on any atom is -0.385 e. The summed E-state index contributed by atoms with van der Waals surface area (Å²) in [5, 5.41) is 40.8. The molecule has 0 aliphatic carbocycles. The molecule has 530 valence electrons. The van der Waals surface area contributed by atoms with Gasteiger partial charge in [0, 0.05) is 87.6 Å². The van der Waals surface area contributed by atoms with Gasteiger partial charge in [0.1, 0.15) is 31.3 Å². The average molecular weight is 1350 g/mol. The number of pyridine rings is 1. The van der Waals surface area contributed by atoms with Gasteiger partial charge < -0.3 is 96.3 Å². The van der Waals surface area contributed by atoms with Crippen LogP contribution in [0.2, 0.25) is 0 Å². The average Bonchev–Trinajstić information content (AvgIpc) is 1.61. The van der Waals surface area contributed by atoms with Gasteiger partial charge in [0.15, 0.2) is 29.4 Å². The third-order valence-electron chi connectivity index (χ3n) is 16.5. The molecule has 0 unspecified atom stereocenters. The first-order valence-electron chi connectivity index (χ1n) is 31.5. The molecule has 0 spiro atoms. The number of H-pyrrole nitrogens is 2. The zero-order chi connectivity index (χ0) is 71.9. The Morgan fingerprint density at radius 2 is 1.05 bits per heavy atom. The maximum Gasteiger partial charge on any atom is 0.349 e. The number of hydrogen-bond acceptors (Lipinski definition) is 20. The van der Waals surface area contributed by atoms with Gasteiger partial charge in [0.25, 0.3) is 11.1 Å². The number of carbonyl (C=O) groups is 7. The lowest BCUT2D eigenvalue weighted by molar-refractivity contribution is -0.139. The molecule has 0 fully saturated rings. The molecule has 5 amide bonds. The van der Waals surface area contributed by atoms with Gasteiger partial charge in [-0.1, -0.05) is 20.8 Å². The third kappa shape index (κ3) is 25.1. The molecule has 0 aliphatic heterocycles. The summed E-state index contributed by atoms with van der Waals surface area (Å²) in [6.07, 6.45) is 6.22. The number of anilines is 2. The quantitative estimate of drug-likeness (QED) is 0.0113. The Hall–Kier alpha value is -9.97. The second kappa shape index (κ2) is 36.1. The van der Waals surface area contributed by atoms with Crippen LogP contribution < -0.4 is 94.5 Å². The molecule has 4 aromatic rings. The van der Waals surface area contributed by atoms with Crippen LogP contribution in [0.15, 0.2) is 56.0 Å². The van der Waals surface area contributed by atoms with Crippen LogP contribution in [0.25, 0.3) is 10.9 Å². The summed E-state index contributed by atoms with van der Waals surface area (Å²) in [7, 11) is 0. The lowest BCUT2D eigenvalue weighted by atomic mass is 9.90. The molecule has 0 saturated heterocycles. The van der Waals surface area contributed by atoms with Gasteiger partial charge in [-0.25, -0.2) is 9.59 Å². The number of nitrogens with two attached hydrogens (primary N) is 7. The molecule has 0 aliphatic rings. The van der Waals surface area contributed by atoms with Crippen molar-refractivity contribution in [3.8, 4) is 0 Å². The van der Waals surface area contributed by atoms with Crippen molar-refractivity contribution in [3.63, 3.8) is 0 Å². The fourth-order valence-electron chi connectivity index (χ4n) is 10.5. The van der Waals surface area contributed by atoms with Crippen LogP contribution >= 0.6 is 0 Å². The molecule has 25 N–H and O–H groups in total. The van der Waals surface area contributed by atoms with Crippen LogP contribution in [0.3, 0.4) is 0 Å². The lowest BCUT2D eigenvalue weighted by Gasteiger charge is -2.37. The van der Waals surface area contributed by atoms with Gasteiger partial charge in [0.2, 0.25) is 29.5 Å². The number of aromatic nitrogens is 6. The summed E-state index contributed by atoms with van der Waals surface area (Å²) in [6, 6.07) is 1.45. The molecule has 6 atom stereocenters. The molecule has 0 bridgehead atoms. The molecule has 0 saturated carbocycles. The highest BCUT2D eigenvalue weighted by Gasteiger charge is 2.36. The van der Waals surface area contributed by atoms with E-state index in [1.165, 1.54) is 65.7 Å². The number of fused-ring (bicyclic) bond motifs is 1. The third-order valence-corrected chi connectivity index (χ3v) is 16.5. The predicted molar refractivity (Wildman–Crippen MR) is 363 cm³/mol. The summed E-state index contributed by atoms with van der Waals surface area (Å²) in [6.45, 7) is 8.63. The largest absolute Gasteiger partial charge is 0.385 e. The van der Waals surface area contributed by atoms with Crippen LogP contribution in [0.1, 0.15) is 92.6 Å². The van der Waals surface area contributed by atoms with Crippen LogP contribution in [-0.4, -0.2) is 197 Å². The van der Waals surface area contributed by atoms with Crippen molar-refractivity contribution in [1.82, 2.24) is 75.3 Å². The predicted octanol–water partition coefficient (Wildman–Crippen LogP) is -4.67. The van der Waals surface area contributed by atoms with Crippen molar-refractivity contribution in [2.75, 3.05) is 76.9 Å². The Labute approximate surface area is 554 Å². The van der Waals surface area contributed by atoms with E-state index in [9.17, 15) is 47.9 Å². The maximum absolute atomic E-state index is 15.0. The van der Waals surface area contributed by atoms with Crippen LogP contribution in [0.4, 0.5) is 11.6 Å². The van der Waals surface area contributed by atoms with E-state index in [0.717, 1.165) is 20.2 Å². The second-order valence-corrected chi connectivity index (χ2v) is 25.5. The molecule has 4 rings (SSSR count). The molecule has 4 aromatic heterocycles. The summed E-state index contributed by atoms with van der Waals surface area (Å²) in [5.74, 6) is -7.15. The summed E-state index contributed by atoms with van der Waals surface area (Å²) in [4.78, 5) is 165. The Balaban J connectivity index is 1.86. The first-order chi connectivity index (χ1) is 44.9. The number of amides is 5. The lowest BCUT2D eigenvalue weighted by Crippen LogP contribution is -2.60. The fourth-order valence-corrected chi connectivity index (χ4v) is 10.5. The van der Waals surface area contributed by atoms with Gasteiger partial charge in [-0.2, -0.15) is 4.98 Å². The van der Waals surface area contributed by atoms with E-state index < -0.39 is 145 Å². The highest BCUT2D eigenvalue weighted by Crippen LogP contribution is 2.21. The topological polar surface area (TPSA) is 583 Å². The van der Waals surface area contributed by atoms with Crippen LogP contribution in [0.5, 0.6) is 0 Å². The maximum atomic E-state index is 15.0. The van der Waals surface area contributed by atoms with Gasteiger partial charge >= 0.3 is 11.4 Å². The smallest absolute Gasteiger partial charge is 0.349 e. The number of carbonyl (C=O) groups excluding carboxylic acids is 7. The van der Waals surface area contributed by atoms with Crippen molar-refractivity contribution >= 4 is 81.5 Å². The van der Waals surface area contributed by atoms with E-state index in [0.29, 0.717) is 44.2 Å². The van der Waals surface area contributed by atoms with E-state index >= 15 is 4.79 Å². The van der Waals surface area contributed by atoms with Gasteiger partial charge in [-0.15, -0.1) is 0 Å². The molecular formula is C60H99N25O11. The molecule has 36 nitrogen and oxygen atoms in total. The number of aryl methyl sites for hydroxylation is 1. The number of ketones is 2. The van der Waals surface area contributed by atoms with Gasteiger partial charge in [-0.05, 0) is 103 Å². The van der Waals surface area contributed by atoms with Crippen molar-refractivity contribution in [2.24, 2.45) is 46.4 Å². The van der Waals surface area contributed by atoms with Gasteiger partial charge in [-0.3, -0.25) is 73.5 Å². The van der Waals surface area contributed by atoms with Gasteiger partial charge in [0.05, 0.1) is 48.2 Å². The second-order valence-electron chi connectivity index (χ2n) is 25.5. The molecule has 4 heterocycles. The van der Waals surface area contributed by atoms with Crippen molar-refractivity contribution in [2.45, 2.75) is 143 Å². The van der Waals surface area contributed by atoms with E-state index in [1.54, 1.807) is 27.7 Å². The summed E-state index contributed by atoms with van der Waals surface area (Å²) < 4.78 is 3.41. The van der Waals surface area contributed by atoms with Crippen LogP contribution in [-0.2, 0) is 53.2 Å². The van der Waals surface area contributed by atoms with Crippen LogP contribution in [0, 0.1) is 40.9 Å². The molecule has 36 heteroatoms. The summed E-state index contributed by atoms with van der Waals surface area (Å²) >= 11 is 0. The standard InChI is InChI=1S/C60H99N25O11/c1-34(12-9-17-71-54(64)65)39(25-82(28-44(87)59(5,6)70)49(90)31-80-20-15-38-42(80)22-46(63)76-53(38)94)74-47(88)29-83(51(92)33-85-24-37(4)52(93)78-58(85)96)26-40(35(2)13-10-18-72-55(66)67)75-48(89)30-84(50(91)32-81-21-16-45(62)77-57(81)95)27-41(79-60(7,8)43(86)23-61)36(3)14-11-19-73-56(68)69/h15-16,20-22,24,34-36,39-41,79H,9-14,17-19,23,25-33,61,70H2,1-8H3,(H,74,88)(H,75,89)(H2,62,77,95)(H3,63,76,94)(H4,64,65,71)(H4,66,67,72)(H4,68,69,73)(H,78,93,96)/t34-,35-,36-,39+,40+,41+/m0/s1. The Bertz CT molecular complexity index is 3660. The van der Waals surface area contributed by atoms with Crippen molar-refractivity contribution in [3.05, 3.63) is 84.0 Å². The minimum absolute atomic E-state index is 0.0313. The van der Waals surface area contributed by atoms with E-state index in [4.69, 9.17) is 56.4 Å². The number of nitrogens with one attached hydrogen (secondary N) is 11. The number of hydrogen-bond donors (Lipinski definition) is 18. The molecular weight excluding hydrogens is 1250 g/mol. The zero-order valence-electron chi connectivity index (χ0n) is 56.0. The SMILES string of the molecule is Cc1cn(CC(=O)N(CC(=O)N[C@H](CN(CC(=O)C(C)(C)N)C(=O)Cn2ccc3c(=O)[nH]c(N)cc32)[C@@H](C)CCCNC(=N)N)C[C@@H](NC(=O)CN(C[C@@H](NC(C)(C)C(=O)CN)[C@@H](C)CCCNC(=N)N)C(=O)Cn2ccc(N)nc2=O)[C@@H](C)CCCNC(=N)N)c(=O)[nH]c1=O. The van der Waals surface area contributed by atoms with Crippen molar-refractivity contribution < 1.29 is 33.6 Å². The van der Waals surface area contributed by atoms with Crippen molar-refractivity contribution in [1.29, 1.82) is 16.2 Å². The summed E-state index contributed by atoms with van der Waals surface area (Å²) in [5.41, 5.74) is 35.2. The number of nitrogens with zero attached hydrogens (tertiary/aromatic N) is 7. The van der Waals surface area contributed by atoms with E-state index in [2.05, 4.69) is 46.9 Å². The Kier molecular flexibility index (Phi) is 29.5. The number of aromatic amines is 2. The zero-order valence-corrected chi connectivity index (χ0v) is 56.0. The highest BCUT2D eigenvalue weighted by atomic mass is 16.2. The number of rotatable bonds is 40.